The molecule has 0 spiro atoms. The molecule has 2 aromatic rings. The Morgan fingerprint density at radius 1 is 1.35 bits per heavy atom. The van der Waals surface area contributed by atoms with E-state index in [1.54, 1.807) is 24.0 Å². The fourth-order valence-corrected chi connectivity index (χ4v) is 4.45. The molecule has 0 radical (unpaired) electrons. The molecule has 0 bridgehead atoms. The highest BCUT2D eigenvalue weighted by atomic mass is 35.5. The Morgan fingerprint density at radius 2 is 2.03 bits per heavy atom. The van der Waals surface area contributed by atoms with Crippen LogP contribution >= 0.6 is 11.6 Å². The van der Waals surface area contributed by atoms with E-state index in [-0.39, 0.29) is 23.1 Å². The molecule has 0 saturated heterocycles. The standard InChI is InChI=1S/C24H25ClFN3O2/c1-6-8-16(15-9-10-29(19(30)7-2)14(5)12(15)3)20-18(26)11-17(24(27)31)23-21(20)22(25)13(4)28-23/h6-8,11,14,28H,1-2,9-10H2,3-5H3,(H2,27,31)/b16-8+. The van der Waals surface area contributed by atoms with Crippen molar-refractivity contribution in [2.24, 2.45) is 5.73 Å². The van der Waals surface area contributed by atoms with Gasteiger partial charge in [0.05, 0.1) is 22.1 Å². The average Bonchev–Trinajstić information content (AvgIpc) is 3.02. The number of aromatic amines is 1. The molecule has 2 amide bonds. The van der Waals surface area contributed by atoms with Crippen LogP contribution in [0.5, 0.6) is 0 Å². The normalized spacial score (nSPS) is 17.3. The van der Waals surface area contributed by atoms with Crippen LogP contribution in [0.4, 0.5) is 4.39 Å². The van der Waals surface area contributed by atoms with Crippen molar-refractivity contribution in [1.82, 2.24) is 9.88 Å². The number of fused-ring (bicyclic) bond motifs is 1. The van der Waals surface area contributed by atoms with Crippen molar-refractivity contribution in [3.8, 4) is 0 Å². The minimum atomic E-state index is -0.747. The molecule has 5 nitrogen and oxygen atoms in total. The number of hydrogen-bond acceptors (Lipinski definition) is 2. The molecule has 1 aromatic heterocycles. The van der Waals surface area contributed by atoms with Gasteiger partial charge >= 0.3 is 0 Å². The van der Waals surface area contributed by atoms with Crippen LogP contribution in [0.2, 0.25) is 5.02 Å². The van der Waals surface area contributed by atoms with Crippen molar-refractivity contribution in [2.75, 3.05) is 6.54 Å². The van der Waals surface area contributed by atoms with E-state index in [1.807, 2.05) is 13.8 Å². The Labute approximate surface area is 185 Å². The number of allylic oxidation sites excluding steroid dienone is 3. The maximum absolute atomic E-state index is 15.5. The van der Waals surface area contributed by atoms with Crippen molar-refractivity contribution in [3.63, 3.8) is 0 Å². The van der Waals surface area contributed by atoms with Crippen LogP contribution in [0.25, 0.3) is 16.5 Å². The smallest absolute Gasteiger partial charge is 0.250 e. The number of aromatic nitrogens is 1. The van der Waals surface area contributed by atoms with Crippen LogP contribution in [0.1, 0.15) is 41.9 Å². The third-order valence-corrected chi connectivity index (χ3v) is 6.39. The highest BCUT2D eigenvalue weighted by Gasteiger charge is 2.30. The number of carbonyl (C=O) groups is 2. The lowest BCUT2D eigenvalue weighted by molar-refractivity contribution is -0.127. The topological polar surface area (TPSA) is 79.2 Å². The second-order valence-corrected chi connectivity index (χ2v) is 7.98. The number of aryl methyl sites for hydroxylation is 1. The highest BCUT2D eigenvalue weighted by Crippen LogP contribution is 2.42. The first-order valence-electron chi connectivity index (χ1n) is 9.90. The summed E-state index contributed by atoms with van der Waals surface area (Å²) in [6, 6.07) is 0.952. The Kier molecular flexibility index (Phi) is 6.23. The second-order valence-electron chi connectivity index (χ2n) is 7.60. The van der Waals surface area contributed by atoms with E-state index in [4.69, 9.17) is 17.3 Å². The minimum absolute atomic E-state index is 0.0367. The third-order valence-electron chi connectivity index (χ3n) is 5.92. The highest BCUT2D eigenvalue weighted by molar-refractivity contribution is 6.37. The van der Waals surface area contributed by atoms with E-state index in [9.17, 15) is 9.59 Å². The SMILES string of the molecule is C=C/C=C(\C1=C(C)C(C)N(C(=O)C=C)CC1)c1c(F)cc(C(N)=O)c2[nH]c(C)c(Cl)c12. The number of rotatable bonds is 5. The molecule has 31 heavy (non-hydrogen) atoms. The van der Waals surface area contributed by atoms with Crippen LogP contribution in [0.15, 0.2) is 48.6 Å². The summed E-state index contributed by atoms with van der Waals surface area (Å²) in [6.45, 7) is 13.4. The fourth-order valence-electron chi connectivity index (χ4n) is 4.21. The number of carbonyl (C=O) groups excluding carboxylic acids is 2. The largest absolute Gasteiger partial charge is 0.366 e. The van der Waals surface area contributed by atoms with Gasteiger partial charge < -0.3 is 15.6 Å². The Bertz CT molecular complexity index is 1190. The van der Waals surface area contributed by atoms with Crippen LogP contribution in [0.3, 0.4) is 0 Å². The van der Waals surface area contributed by atoms with Gasteiger partial charge in [0.1, 0.15) is 5.82 Å². The predicted octanol–water partition coefficient (Wildman–Crippen LogP) is 5.06. The van der Waals surface area contributed by atoms with Gasteiger partial charge in [0.15, 0.2) is 0 Å². The van der Waals surface area contributed by atoms with Gasteiger partial charge in [-0.05, 0) is 56.1 Å². The lowest BCUT2D eigenvalue weighted by Crippen LogP contribution is -2.42. The Morgan fingerprint density at radius 3 is 2.61 bits per heavy atom. The summed E-state index contributed by atoms with van der Waals surface area (Å²) in [5.41, 5.74) is 9.25. The lowest BCUT2D eigenvalue weighted by atomic mass is 9.84. The zero-order valence-electron chi connectivity index (χ0n) is 17.8. The molecular weight excluding hydrogens is 417 g/mol. The van der Waals surface area contributed by atoms with E-state index in [0.717, 1.165) is 17.2 Å². The molecule has 0 fully saturated rings. The maximum atomic E-state index is 15.5. The monoisotopic (exact) mass is 441 g/mol. The molecule has 0 aliphatic carbocycles. The second kappa shape index (κ2) is 8.55. The fraction of sp³-hybridized carbons (Fsp3) is 0.250. The van der Waals surface area contributed by atoms with Crippen molar-refractivity contribution < 1.29 is 14.0 Å². The van der Waals surface area contributed by atoms with Gasteiger partial charge in [0.25, 0.3) is 5.91 Å². The average molecular weight is 442 g/mol. The molecule has 1 aromatic carbocycles. The lowest BCUT2D eigenvalue weighted by Gasteiger charge is -2.36. The first kappa shape index (κ1) is 22.6. The summed E-state index contributed by atoms with van der Waals surface area (Å²) in [4.78, 5) is 28.9. The summed E-state index contributed by atoms with van der Waals surface area (Å²) in [5.74, 6) is -1.50. The number of amides is 2. The number of nitrogens with two attached hydrogens (primary N) is 1. The summed E-state index contributed by atoms with van der Waals surface area (Å²) in [6.07, 6.45) is 5.14. The summed E-state index contributed by atoms with van der Waals surface area (Å²) < 4.78 is 15.5. The maximum Gasteiger partial charge on any atom is 0.250 e. The van der Waals surface area contributed by atoms with Gasteiger partial charge in [0, 0.05) is 23.2 Å². The number of H-pyrrole nitrogens is 1. The molecular formula is C24H25ClFN3O2. The molecule has 3 rings (SSSR count). The van der Waals surface area contributed by atoms with Crippen molar-refractivity contribution in [1.29, 1.82) is 0 Å². The molecule has 1 aliphatic heterocycles. The van der Waals surface area contributed by atoms with Crippen LogP contribution < -0.4 is 5.73 Å². The van der Waals surface area contributed by atoms with Crippen LogP contribution in [-0.2, 0) is 4.79 Å². The van der Waals surface area contributed by atoms with Gasteiger partial charge in [0.2, 0.25) is 5.91 Å². The molecule has 3 N–H and O–H groups in total. The number of hydrogen-bond donors (Lipinski definition) is 2. The first-order valence-corrected chi connectivity index (χ1v) is 10.3. The van der Waals surface area contributed by atoms with Gasteiger partial charge in [-0.2, -0.15) is 0 Å². The third kappa shape index (κ3) is 3.72. The minimum Gasteiger partial charge on any atom is -0.366 e. The van der Waals surface area contributed by atoms with E-state index in [1.165, 1.54) is 6.08 Å². The van der Waals surface area contributed by atoms with Crippen LogP contribution in [-0.4, -0.2) is 34.3 Å². The molecule has 7 heteroatoms. The molecule has 1 aliphatic rings. The molecule has 1 atom stereocenters. The summed E-state index contributed by atoms with van der Waals surface area (Å²) >= 11 is 6.54. The van der Waals surface area contributed by atoms with Gasteiger partial charge in [-0.25, -0.2) is 4.39 Å². The van der Waals surface area contributed by atoms with Crippen molar-refractivity contribution in [3.05, 3.63) is 76.3 Å². The molecule has 0 saturated carbocycles. The Hall–Kier alpha value is -3.12. The number of primary amides is 1. The number of benzene rings is 1. The summed E-state index contributed by atoms with van der Waals surface area (Å²) in [5, 5.41) is 0.728. The number of nitrogens with one attached hydrogen (secondary N) is 1. The van der Waals surface area contributed by atoms with Crippen molar-refractivity contribution in [2.45, 2.75) is 33.2 Å². The van der Waals surface area contributed by atoms with Gasteiger partial charge in [-0.15, -0.1) is 0 Å². The summed E-state index contributed by atoms with van der Waals surface area (Å²) in [7, 11) is 0. The number of halogens is 2. The van der Waals surface area contributed by atoms with Crippen LogP contribution in [0, 0.1) is 12.7 Å². The van der Waals surface area contributed by atoms with E-state index in [2.05, 4.69) is 18.1 Å². The van der Waals surface area contributed by atoms with E-state index in [0.29, 0.717) is 40.2 Å². The van der Waals surface area contributed by atoms with Gasteiger partial charge in [-0.3, -0.25) is 9.59 Å². The number of nitrogens with zero attached hydrogens (tertiary/aromatic N) is 1. The van der Waals surface area contributed by atoms with Gasteiger partial charge in [-0.1, -0.05) is 36.9 Å². The molecule has 1 unspecified atom stereocenters. The first-order chi connectivity index (χ1) is 14.6. The zero-order chi connectivity index (χ0) is 23.0. The Balaban J connectivity index is 2.32. The van der Waals surface area contributed by atoms with E-state index < -0.39 is 11.7 Å². The zero-order valence-corrected chi connectivity index (χ0v) is 18.6. The van der Waals surface area contributed by atoms with E-state index >= 15 is 4.39 Å². The quantitative estimate of drug-likeness (QED) is 0.502. The predicted molar refractivity (Wildman–Crippen MR) is 123 cm³/mol. The molecule has 162 valence electrons. The molecule has 2 heterocycles. The van der Waals surface area contributed by atoms with Crippen molar-refractivity contribution >= 4 is 39.9 Å².